The third-order valence-electron chi connectivity index (χ3n) is 4.35. The second kappa shape index (κ2) is 7.91. The number of fused-ring (bicyclic) bond motifs is 1. The molecule has 0 N–H and O–H groups in total. The van der Waals surface area contributed by atoms with E-state index in [9.17, 15) is 0 Å². The molecule has 0 unspecified atom stereocenters. The van der Waals surface area contributed by atoms with Crippen LogP contribution in [-0.2, 0) is 6.42 Å². The van der Waals surface area contributed by atoms with Crippen LogP contribution >= 0.6 is 0 Å². The van der Waals surface area contributed by atoms with E-state index in [1.54, 1.807) is 0 Å². The van der Waals surface area contributed by atoms with Gasteiger partial charge in [0.1, 0.15) is 11.6 Å². The zero-order valence-electron chi connectivity index (χ0n) is 14.9. The van der Waals surface area contributed by atoms with Gasteiger partial charge in [0.25, 0.3) is 0 Å². The minimum atomic E-state index is 0. The summed E-state index contributed by atoms with van der Waals surface area (Å²) in [4.78, 5) is 13.5. The van der Waals surface area contributed by atoms with Crippen molar-refractivity contribution in [1.29, 1.82) is 0 Å². The molecular weight excluding hydrogens is 427 g/mol. The normalized spacial score (nSPS) is 12.3. The Labute approximate surface area is 171 Å². The number of aryl methyl sites for hydroxylation is 1. The number of pyridine rings is 2. The third-order valence-corrected chi connectivity index (χ3v) is 4.35. The second-order valence-corrected chi connectivity index (χ2v) is 6.17. The van der Waals surface area contributed by atoms with E-state index in [2.05, 4.69) is 52.3 Å². The third kappa shape index (κ3) is 3.60. The molecule has 0 saturated heterocycles. The van der Waals surface area contributed by atoms with Crippen LogP contribution in [0.1, 0.15) is 11.3 Å². The first-order valence-corrected chi connectivity index (χ1v) is 8.39. The van der Waals surface area contributed by atoms with Gasteiger partial charge in [0.05, 0.1) is 5.69 Å². The van der Waals surface area contributed by atoms with Crippen LogP contribution in [0.4, 0.5) is 23.0 Å². The number of allylic oxidation sites excluding steroid dienone is 1. The molecule has 1 aliphatic rings. The van der Waals surface area contributed by atoms with Crippen molar-refractivity contribution in [2.75, 3.05) is 16.8 Å². The summed E-state index contributed by atoms with van der Waals surface area (Å²) in [5.41, 5.74) is 4.58. The van der Waals surface area contributed by atoms with Gasteiger partial charge in [-0.1, -0.05) is 24.3 Å². The fraction of sp³-hybridized carbons (Fsp3) is 0.143. The monoisotopic (exact) mass is 448 g/mol. The molecule has 0 saturated carbocycles. The van der Waals surface area contributed by atoms with E-state index in [-0.39, 0.29) is 23.9 Å². The molecule has 0 amide bonds. The van der Waals surface area contributed by atoms with Gasteiger partial charge >= 0.3 is 0 Å². The van der Waals surface area contributed by atoms with Crippen LogP contribution in [0.15, 0.2) is 73.1 Å². The fourth-order valence-corrected chi connectivity index (χ4v) is 3.13. The Balaban J connectivity index is 0.00000196. The van der Waals surface area contributed by atoms with Gasteiger partial charge in [-0.15, -0.1) is 0 Å². The maximum absolute atomic E-state index is 4.72. The molecule has 0 spiro atoms. The second-order valence-electron chi connectivity index (χ2n) is 6.17. The molecule has 128 valence electrons. The van der Waals surface area contributed by atoms with E-state index < -0.39 is 0 Å². The Morgan fingerprint density at radius 3 is 2.62 bits per heavy atom. The zero-order valence-corrected chi connectivity index (χ0v) is 17.8. The summed E-state index contributed by atoms with van der Waals surface area (Å²) < 4.78 is 0. The van der Waals surface area contributed by atoms with Gasteiger partial charge in [-0.2, -0.15) is 0 Å². The number of hydrogen-bond donors (Lipinski definition) is 0. The summed E-state index contributed by atoms with van der Waals surface area (Å²) in [6.45, 7) is 2.01. The van der Waals surface area contributed by atoms with Crippen LogP contribution in [0.3, 0.4) is 0 Å². The van der Waals surface area contributed by atoms with Crippen molar-refractivity contribution in [3.63, 3.8) is 0 Å². The van der Waals surface area contributed by atoms with Crippen molar-refractivity contribution in [3.8, 4) is 0 Å². The van der Waals surface area contributed by atoms with Crippen LogP contribution in [0.2, 0.25) is 0 Å². The van der Waals surface area contributed by atoms with Gasteiger partial charge in [-0.05, 0) is 55.3 Å². The Kier molecular flexibility index (Phi) is 5.61. The molecular formula is C21H20N4Sn. The number of aromatic nitrogens is 2. The van der Waals surface area contributed by atoms with Gasteiger partial charge in [-0.3, -0.25) is 4.90 Å². The van der Waals surface area contributed by atoms with E-state index in [4.69, 9.17) is 4.98 Å². The standard InChI is InChI=1S/C21H20N4.Sn/c1-16-7-5-10-21(23-16)25(20-9-3-4-13-22-20)18-12-11-17-8-6-14-24(2)19(17)15-18;/h3-7,9-15H,8H2,1-2H3;. The van der Waals surface area contributed by atoms with Crippen LogP contribution in [0.25, 0.3) is 0 Å². The Bertz CT molecular complexity index is 924. The molecule has 4 rings (SSSR count). The van der Waals surface area contributed by atoms with E-state index in [1.165, 1.54) is 11.3 Å². The fourth-order valence-electron chi connectivity index (χ4n) is 3.13. The first-order chi connectivity index (χ1) is 12.2. The average Bonchev–Trinajstić information content (AvgIpc) is 2.64. The van der Waals surface area contributed by atoms with E-state index in [0.717, 1.165) is 29.4 Å². The predicted molar refractivity (Wildman–Crippen MR) is 108 cm³/mol. The van der Waals surface area contributed by atoms with Crippen LogP contribution in [0, 0.1) is 6.92 Å². The van der Waals surface area contributed by atoms with Crippen molar-refractivity contribution in [2.24, 2.45) is 0 Å². The number of benzene rings is 1. The van der Waals surface area contributed by atoms with Gasteiger partial charge in [0.2, 0.25) is 0 Å². The summed E-state index contributed by atoms with van der Waals surface area (Å²) in [6.07, 6.45) is 7.07. The minimum Gasteiger partial charge on any atom is -0.351 e. The SMILES string of the molecule is Cc1cccc(N(c2ccc3c(c2)N(C)C=CC3)c2ccccn2)n1.[Sn]. The van der Waals surface area contributed by atoms with Crippen LogP contribution in [0.5, 0.6) is 0 Å². The molecule has 5 heteroatoms. The first kappa shape index (κ1) is 18.4. The molecule has 0 aliphatic carbocycles. The molecule has 0 fully saturated rings. The largest absolute Gasteiger partial charge is 0.351 e. The smallest absolute Gasteiger partial charge is 0.138 e. The molecule has 1 aliphatic heterocycles. The molecule has 3 aromatic rings. The maximum atomic E-state index is 4.72. The van der Waals surface area contributed by atoms with E-state index >= 15 is 0 Å². The minimum absolute atomic E-state index is 0. The van der Waals surface area contributed by atoms with Crippen molar-refractivity contribution in [1.82, 2.24) is 9.97 Å². The Hall–Kier alpha value is -2.34. The Morgan fingerprint density at radius 2 is 1.85 bits per heavy atom. The summed E-state index contributed by atoms with van der Waals surface area (Å²) in [7, 11) is 2.08. The summed E-state index contributed by atoms with van der Waals surface area (Å²) in [6, 6.07) is 18.5. The summed E-state index contributed by atoms with van der Waals surface area (Å²) in [5, 5.41) is 0. The van der Waals surface area contributed by atoms with Crippen LogP contribution < -0.4 is 9.80 Å². The number of nitrogens with zero attached hydrogens (tertiary/aromatic N) is 4. The average molecular weight is 447 g/mol. The molecule has 3 heterocycles. The van der Waals surface area contributed by atoms with Gasteiger partial charge in [-0.25, -0.2) is 9.97 Å². The van der Waals surface area contributed by atoms with Crippen molar-refractivity contribution >= 4 is 46.9 Å². The zero-order chi connectivity index (χ0) is 17.2. The Morgan fingerprint density at radius 1 is 1.00 bits per heavy atom. The van der Waals surface area contributed by atoms with Gasteiger partial charge < -0.3 is 4.90 Å². The van der Waals surface area contributed by atoms with Gasteiger partial charge in [0, 0.05) is 54.7 Å². The molecule has 0 bridgehead atoms. The number of rotatable bonds is 3. The molecule has 4 radical (unpaired) electrons. The first-order valence-electron chi connectivity index (χ1n) is 8.39. The van der Waals surface area contributed by atoms with Gasteiger partial charge in [0.15, 0.2) is 0 Å². The quantitative estimate of drug-likeness (QED) is 0.559. The molecule has 2 aromatic heterocycles. The molecule has 1 aromatic carbocycles. The van der Waals surface area contributed by atoms with Crippen molar-refractivity contribution < 1.29 is 0 Å². The maximum Gasteiger partial charge on any atom is 0.138 e. The van der Waals surface area contributed by atoms with E-state index in [0.29, 0.717) is 0 Å². The molecule has 26 heavy (non-hydrogen) atoms. The van der Waals surface area contributed by atoms with Crippen molar-refractivity contribution in [3.05, 3.63) is 84.3 Å². The molecule has 0 atom stereocenters. The summed E-state index contributed by atoms with van der Waals surface area (Å²) >= 11 is 0. The number of hydrogen-bond acceptors (Lipinski definition) is 4. The number of anilines is 4. The van der Waals surface area contributed by atoms with Crippen molar-refractivity contribution in [2.45, 2.75) is 13.3 Å². The summed E-state index contributed by atoms with van der Waals surface area (Å²) in [5.74, 6) is 1.72. The molecule has 4 nitrogen and oxygen atoms in total. The van der Waals surface area contributed by atoms with Crippen LogP contribution in [-0.4, -0.2) is 40.9 Å². The predicted octanol–water partition coefficient (Wildman–Crippen LogP) is 4.38. The van der Waals surface area contributed by atoms with E-state index in [1.807, 2.05) is 49.5 Å². The topological polar surface area (TPSA) is 32.3 Å².